The van der Waals surface area contributed by atoms with Gasteiger partial charge in [0.05, 0.1) is 13.2 Å². The van der Waals surface area contributed by atoms with Gasteiger partial charge in [0, 0.05) is 14.2 Å². The third kappa shape index (κ3) is 10.4. The second-order valence-corrected chi connectivity index (χ2v) is 6.75. The molecule has 0 radical (unpaired) electrons. The molecule has 0 aliphatic heterocycles. The third-order valence-corrected chi connectivity index (χ3v) is 4.12. The zero-order valence-electron chi connectivity index (χ0n) is 18.6. The standard InChI is InChI=1S/C12H10O.C10H14O2.C6H6O/c1-3-7-11(8-4-1)13-12-9-5-2-6-10-12;1-11-7-9-3-5-10(6-4-9)8-12-2;7-6-4-2-1-3-5-6/h1-10H;3-6H,7-8H2,1-2H3;1-5,7H. The molecule has 0 amide bonds. The second kappa shape index (κ2) is 15.2. The van der Waals surface area contributed by atoms with Crippen molar-refractivity contribution in [3.8, 4) is 17.2 Å². The molecule has 0 aromatic heterocycles. The van der Waals surface area contributed by atoms with Gasteiger partial charge in [-0.3, -0.25) is 0 Å². The zero-order valence-corrected chi connectivity index (χ0v) is 18.6. The van der Waals surface area contributed by atoms with Crippen molar-refractivity contribution in [2.24, 2.45) is 0 Å². The molecular formula is C28H30O4. The first-order valence-electron chi connectivity index (χ1n) is 10.3. The number of hydrogen-bond acceptors (Lipinski definition) is 4. The van der Waals surface area contributed by atoms with E-state index in [1.165, 1.54) is 11.1 Å². The van der Waals surface area contributed by atoms with Crippen molar-refractivity contribution in [2.45, 2.75) is 13.2 Å². The van der Waals surface area contributed by atoms with Gasteiger partial charge in [-0.2, -0.15) is 0 Å². The van der Waals surface area contributed by atoms with E-state index in [4.69, 9.17) is 19.3 Å². The molecule has 0 fully saturated rings. The molecule has 0 aliphatic carbocycles. The maximum atomic E-state index is 8.63. The first kappa shape index (κ1) is 24.7. The van der Waals surface area contributed by atoms with Gasteiger partial charge in [0.1, 0.15) is 17.2 Å². The van der Waals surface area contributed by atoms with E-state index in [2.05, 4.69) is 24.3 Å². The number of phenolic OH excluding ortho intramolecular Hbond substituents is 1. The van der Waals surface area contributed by atoms with Crippen LogP contribution in [0.3, 0.4) is 0 Å². The van der Waals surface area contributed by atoms with Crippen LogP contribution in [0.15, 0.2) is 115 Å². The molecule has 1 N–H and O–H groups in total. The average Bonchev–Trinajstić information content (AvgIpc) is 2.83. The highest BCUT2D eigenvalue weighted by atomic mass is 16.5. The van der Waals surface area contributed by atoms with E-state index >= 15 is 0 Å². The summed E-state index contributed by atoms with van der Waals surface area (Å²) < 4.78 is 15.6. The Morgan fingerprint density at radius 2 is 0.844 bits per heavy atom. The van der Waals surface area contributed by atoms with Crippen molar-refractivity contribution in [3.05, 3.63) is 126 Å². The minimum absolute atomic E-state index is 0.322. The molecule has 4 rings (SSSR count). The zero-order chi connectivity index (χ0) is 22.9. The Labute approximate surface area is 190 Å². The van der Waals surface area contributed by atoms with Crippen LogP contribution in [0.4, 0.5) is 0 Å². The summed E-state index contributed by atoms with van der Waals surface area (Å²) in [4.78, 5) is 0. The lowest BCUT2D eigenvalue weighted by Gasteiger charge is -2.03. The molecule has 0 heterocycles. The average molecular weight is 431 g/mol. The first-order valence-corrected chi connectivity index (χ1v) is 10.3. The topological polar surface area (TPSA) is 47.9 Å². The minimum atomic E-state index is 0.322. The van der Waals surface area contributed by atoms with Crippen LogP contribution >= 0.6 is 0 Å². The molecule has 0 saturated carbocycles. The van der Waals surface area contributed by atoms with Crippen LogP contribution in [-0.4, -0.2) is 19.3 Å². The number of aromatic hydroxyl groups is 1. The Morgan fingerprint density at radius 1 is 0.500 bits per heavy atom. The largest absolute Gasteiger partial charge is 0.508 e. The van der Waals surface area contributed by atoms with Gasteiger partial charge in [-0.1, -0.05) is 78.9 Å². The van der Waals surface area contributed by atoms with Crippen LogP contribution in [0.1, 0.15) is 11.1 Å². The Kier molecular flexibility index (Phi) is 11.7. The minimum Gasteiger partial charge on any atom is -0.508 e. The molecule has 4 heteroatoms. The van der Waals surface area contributed by atoms with Gasteiger partial charge in [0.25, 0.3) is 0 Å². The smallest absolute Gasteiger partial charge is 0.127 e. The Hall–Kier alpha value is -3.60. The number of hydrogen-bond donors (Lipinski definition) is 1. The molecule has 0 unspecified atom stereocenters. The summed E-state index contributed by atoms with van der Waals surface area (Å²) >= 11 is 0. The van der Waals surface area contributed by atoms with E-state index < -0.39 is 0 Å². The van der Waals surface area contributed by atoms with E-state index in [0.29, 0.717) is 19.0 Å². The summed E-state index contributed by atoms with van der Waals surface area (Å²) in [5, 5.41) is 8.63. The summed E-state index contributed by atoms with van der Waals surface area (Å²) in [6, 6.07) is 36.4. The number of methoxy groups -OCH3 is 2. The maximum absolute atomic E-state index is 8.63. The van der Waals surface area contributed by atoms with Crippen LogP contribution < -0.4 is 4.74 Å². The first-order chi connectivity index (χ1) is 15.7. The van der Waals surface area contributed by atoms with Crippen molar-refractivity contribution in [1.82, 2.24) is 0 Å². The van der Waals surface area contributed by atoms with Crippen LogP contribution in [0.25, 0.3) is 0 Å². The lowest BCUT2D eigenvalue weighted by atomic mass is 10.1. The molecule has 4 nitrogen and oxygen atoms in total. The Balaban J connectivity index is 0.000000178. The lowest BCUT2D eigenvalue weighted by Crippen LogP contribution is -1.90. The van der Waals surface area contributed by atoms with E-state index in [9.17, 15) is 0 Å². The van der Waals surface area contributed by atoms with Crippen LogP contribution in [0.5, 0.6) is 17.2 Å². The molecule has 0 bridgehead atoms. The van der Waals surface area contributed by atoms with Gasteiger partial charge in [-0.25, -0.2) is 0 Å². The van der Waals surface area contributed by atoms with Gasteiger partial charge < -0.3 is 19.3 Å². The fourth-order valence-corrected chi connectivity index (χ4v) is 2.61. The van der Waals surface area contributed by atoms with Crippen LogP contribution in [-0.2, 0) is 22.7 Å². The molecule has 0 saturated heterocycles. The predicted octanol–water partition coefficient (Wildman–Crippen LogP) is 6.85. The summed E-state index contributed by atoms with van der Waals surface area (Å²) in [6.07, 6.45) is 0. The van der Waals surface area contributed by atoms with Crippen molar-refractivity contribution in [1.29, 1.82) is 0 Å². The van der Waals surface area contributed by atoms with Crippen molar-refractivity contribution >= 4 is 0 Å². The molecule has 0 spiro atoms. The summed E-state index contributed by atoms with van der Waals surface area (Å²) in [5.74, 6) is 2.06. The quantitative estimate of drug-likeness (QED) is 0.363. The highest BCUT2D eigenvalue weighted by molar-refractivity contribution is 5.30. The molecular weight excluding hydrogens is 400 g/mol. The third-order valence-electron chi connectivity index (χ3n) is 4.12. The maximum Gasteiger partial charge on any atom is 0.127 e. The SMILES string of the molecule is COCc1ccc(COC)cc1.Oc1ccccc1.c1ccc(Oc2ccccc2)cc1. The lowest BCUT2D eigenvalue weighted by molar-refractivity contribution is 0.182. The second-order valence-electron chi connectivity index (χ2n) is 6.75. The Morgan fingerprint density at radius 3 is 1.12 bits per heavy atom. The van der Waals surface area contributed by atoms with Gasteiger partial charge in [0.15, 0.2) is 0 Å². The fraction of sp³-hybridized carbons (Fsp3) is 0.143. The number of ether oxygens (including phenoxy) is 3. The van der Waals surface area contributed by atoms with Gasteiger partial charge in [-0.15, -0.1) is 0 Å². The van der Waals surface area contributed by atoms with Crippen LogP contribution in [0, 0.1) is 0 Å². The summed E-state index contributed by atoms with van der Waals surface area (Å²) in [6.45, 7) is 1.35. The molecule has 4 aromatic carbocycles. The van der Waals surface area contributed by atoms with Gasteiger partial charge >= 0.3 is 0 Å². The van der Waals surface area contributed by atoms with E-state index in [1.807, 2.05) is 66.7 Å². The number of rotatable bonds is 6. The van der Waals surface area contributed by atoms with Gasteiger partial charge in [0.2, 0.25) is 0 Å². The van der Waals surface area contributed by atoms with Crippen molar-refractivity contribution in [3.63, 3.8) is 0 Å². The number of phenols is 1. The molecule has 0 aliphatic rings. The highest BCUT2D eigenvalue weighted by Gasteiger charge is 1.93. The molecule has 166 valence electrons. The van der Waals surface area contributed by atoms with Crippen LogP contribution in [0.2, 0.25) is 0 Å². The fourth-order valence-electron chi connectivity index (χ4n) is 2.61. The van der Waals surface area contributed by atoms with Crippen molar-refractivity contribution in [2.75, 3.05) is 14.2 Å². The number of benzene rings is 4. The van der Waals surface area contributed by atoms with Gasteiger partial charge in [-0.05, 0) is 47.5 Å². The van der Waals surface area contributed by atoms with Crippen molar-refractivity contribution < 1.29 is 19.3 Å². The highest BCUT2D eigenvalue weighted by Crippen LogP contribution is 2.19. The molecule has 4 aromatic rings. The summed E-state index contributed by atoms with van der Waals surface area (Å²) in [7, 11) is 3.39. The monoisotopic (exact) mass is 430 g/mol. The van der Waals surface area contributed by atoms with E-state index in [0.717, 1.165) is 11.5 Å². The molecule has 0 atom stereocenters. The normalized spacial score (nSPS) is 9.56. The molecule has 32 heavy (non-hydrogen) atoms. The summed E-state index contributed by atoms with van der Waals surface area (Å²) in [5.41, 5.74) is 2.38. The van der Waals surface area contributed by atoms with E-state index in [-0.39, 0.29) is 0 Å². The predicted molar refractivity (Wildman–Crippen MR) is 129 cm³/mol. The van der Waals surface area contributed by atoms with E-state index in [1.54, 1.807) is 38.5 Å². The Bertz CT molecular complexity index is 894. The number of para-hydroxylation sites is 3.